The number of piperazine rings is 1. The van der Waals surface area contributed by atoms with Gasteiger partial charge in [-0.15, -0.1) is 6.42 Å². The van der Waals surface area contributed by atoms with Crippen LogP contribution in [0.2, 0.25) is 0 Å². The van der Waals surface area contributed by atoms with E-state index in [4.69, 9.17) is 6.42 Å². The summed E-state index contributed by atoms with van der Waals surface area (Å²) in [5.74, 6) is 4.66. The predicted molar refractivity (Wildman–Crippen MR) is 124 cm³/mol. The number of pyridine rings is 1. The molecule has 0 aliphatic carbocycles. The van der Waals surface area contributed by atoms with Crippen LogP contribution >= 0.6 is 0 Å². The van der Waals surface area contributed by atoms with Crippen LogP contribution in [0.5, 0.6) is 0 Å². The zero-order valence-corrected chi connectivity index (χ0v) is 17.6. The van der Waals surface area contributed by atoms with Gasteiger partial charge in [-0.25, -0.2) is 9.97 Å². The SMILES string of the molecule is C#Cc1cc(-c2ccnc(-c3cnc(N4CCCCC4)nc3)c2)[nH]c1N1CCNCC1. The average molecular weight is 414 g/mol. The van der Waals surface area contributed by atoms with Crippen molar-refractivity contribution in [3.8, 4) is 34.9 Å². The van der Waals surface area contributed by atoms with Crippen LogP contribution in [0.3, 0.4) is 0 Å². The van der Waals surface area contributed by atoms with E-state index >= 15 is 0 Å². The monoisotopic (exact) mass is 413 g/mol. The van der Waals surface area contributed by atoms with Crippen LogP contribution in [0, 0.1) is 12.3 Å². The van der Waals surface area contributed by atoms with Gasteiger partial charge in [-0.05, 0) is 37.5 Å². The Balaban J connectivity index is 1.40. The van der Waals surface area contributed by atoms with Crippen LogP contribution in [0.1, 0.15) is 24.8 Å². The number of piperidine rings is 1. The first-order valence-corrected chi connectivity index (χ1v) is 11.0. The van der Waals surface area contributed by atoms with Gasteiger partial charge in [-0.1, -0.05) is 5.92 Å². The molecule has 0 aromatic carbocycles. The summed E-state index contributed by atoms with van der Waals surface area (Å²) in [6.07, 6.45) is 15.1. The first kappa shape index (κ1) is 19.6. The molecule has 0 amide bonds. The van der Waals surface area contributed by atoms with E-state index in [0.717, 1.165) is 79.1 Å². The Morgan fingerprint density at radius 3 is 2.39 bits per heavy atom. The van der Waals surface area contributed by atoms with Crippen molar-refractivity contribution in [1.82, 2.24) is 25.3 Å². The van der Waals surface area contributed by atoms with Crippen molar-refractivity contribution < 1.29 is 0 Å². The van der Waals surface area contributed by atoms with Gasteiger partial charge in [0.1, 0.15) is 5.82 Å². The molecule has 2 aliphatic rings. The van der Waals surface area contributed by atoms with E-state index in [1.807, 2.05) is 30.7 Å². The number of hydrogen-bond acceptors (Lipinski definition) is 6. The topological polar surface area (TPSA) is 73.0 Å². The van der Waals surface area contributed by atoms with Gasteiger partial charge in [0, 0.05) is 74.7 Å². The van der Waals surface area contributed by atoms with E-state index < -0.39 is 0 Å². The lowest BCUT2D eigenvalue weighted by Crippen LogP contribution is -2.44. The van der Waals surface area contributed by atoms with E-state index in [0.29, 0.717) is 0 Å². The fourth-order valence-corrected chi connectivity index (χ4v) is 4.31. The molecule has 2 fully saturated rings. The summed E-state index contributed by atoms with van der Waals surface area (Å²) in [5.41, 5.74) is 4.69. The number of rotatable bonds is 4. The Kier molecular flexibility index (Phi) is 5.55. The molecule has 0 saturated carbocycles. The Bertz CT molecular complexity index is 1070. The Labute approximate surface area is 182 Å². The molecule has 0 radical (unpaired) electrons. The number of anilines is 2. The minimum Gasteiger partial charge on any atom is -0.355 e. The molecule has 7 nitrogen and oxygen atoms in total. The highest BCUT2D eigenvalue weighted by Crippen LogP contribution is 2.29. The second kappa shape index (κ2) is 8.78. The third-order valence-electron chi connectivity index (χ3n) is 6.03. The molecule has 0 unspecified atom stereocenters. The number of nitrogens with zero attached hydrogens (tertiary/aromatic N) is 5. The van der Waals surface area contributed by atoms with Gasteiger partial charge in [0.25, 0.3) is 0 Å². The summed E-state index contributed by atoms with van der Waals surface area (Å²) in [6.45, 7) is 5.88. The molecule has 2 saturated heterocycles. The maximum Gasteiger partial charge on any atom is 0.225 e. The summed E-state index contributed by atoms with van der Waals surface area (Å²) in [7, 11) is 0. The minimum absolute atomic E-state index is 0.809. The summed E-state index contributed by atoms with van der Waals surface area (Å²) < 4.78 is 0. The van der Waals surface area contributed by atoms with E-state index in [1.165, 1.54) is 19.3 Å². The first-order valence-electron chi connectivity index (χ1n) is 11.0. The fraction of sp³-hybridized carbons (Fsp3) is 0.375. The van der Waals surface area contributed by atoms with Crippen molar-refractivity contribution in [2.24, 2.45) is 0 Å². The Morgan fingerprint density at radius 2 is 1.65 bits per heavy atom. The van der Waals surface area contributed by atoms with Gasteiger partial charge in [-0.2, -0.15) is 0 Å². The smallest absolute Gasteiger partial charge is 0.225 e. The van der Waals surface area contributed by atoms with Crippen LogP contribution < -0.4 is 15.1 Å². The summed E-state index contributed by atoms with van der Waals surface area (Å²) in [4.78, 5) is 21.9. The molecule has 3 aromatic rings. The summed E-state index contributed by atoms with van der Waals surface area (Å²) in [5, 5.41) is 3.38. The first-order chi connectivity index (χ1) is 15.3. The molecular weight excluding hydrogens is 386 g/mol. The zero-order valence-electron chi connectivity index (χ0n) is 17.6. The average Bonchev–Trinajstić information content (AvgIpc) is 3.30. The van der Waals surface area contributed by atoms with E-state index in [-0.39, 0.29) is 0 Å². The minimum atomic E-state index is 0.809. The summed E-state index contributed by atoms with van der Waals surface area (Å²) >= 11 is 0. The van der Waals surface area contributed by atoms with Crippen molar-refractivity contribution in [1.29, 1.82) is 0 Å². The molecule has 5 rings (SSSR count). The van der Waals surface area contributed by atoms with Gasteiger partial charge in [0.2, 0.25) is 5.95 Å². The Morgan fingerprint density at radius 1 is 0.871 bits per heavy atom. The van der Waals surface area contributed by atoms with Crippen molar-refractivity contribution in [2.45, 2.75) is 19.3 Å². The molecule has 0 spiro atoms. The van der Waals surface area contributed by atoms with Gasteiger partial charge in [0.05, 0.1) is 11.3 Å². The van der Waals surface area contributed by atoms with E-state index in [9.17, 15) is 0 Å². The number of terminal acetylenes is 1. The van der Waals surface area contributed by atoms with Crippen molar-refractivity contribution in [3.05, 3.63) is 42.4 Å². The van der Waals surface area contributed by atoms with E-state index in [2.05, 4.69) is 47.0 Å². The maximum atomic E-state index is 5.80. The highest BCUT2D eigenvalue weighted by molar-refractivity contribution is 5.73. The lowest BCUT2D eigenvalue weighted by molar-refractivity contribution is 0.568. The quantitative estimate of drug-likeness (QED) is 0.641. The van der Waals surface area contributed by atoms with Crippen LogP contribution in [0.15, 0.2) is 36.8 Å². The van der Waals surface area contributed by atoms with Crippen LogP contribution in [0.4, 0.5) is 11.8 Å². The number of aromatic nitrogens is 4. The standard InChI is InChI=1S/C24H27N7/c1-2-18-14-22(29-23(18)30-12-8-25-9-13-30)19-6-7-26-21(15-19)20-16-27-24(28-17-20)31-10-4-3-5-11-31/h1,6-7,14-17,25,29H,3-5,8-13H2. The fourth-order valence-electron chi connectivity index (χ4n) is 4.31. The Hall–Kier alpha value is -3.37. The number of aromatic amines is 1. The lowest BCUT2D eigenvalue weighted by atomic mass is 10.1. The third kappa shape index (κ3) is 4.12. The third-order valence-corrected chi connectivity index (χ3v) is 6.03. The number of H-pyrrole nitrogens is 1. The molecule has 3 aromatic heterocycles. The molecular formula is C24H27N7. The van der Waals surface area contributed by atoms with Crippen molar-refractivity contribution >= 4 is 11.8 Å². The molecule has 31 heavy (non-hydrogen) atoms. The normalized spacial score (nSPS) is 16.9. The maximum absolute atomic E-state index is 5.80. The second-order valence-electron chi connectivity index (χ2n) is 8.08. The molecule has 5 heterocycles. The van der Waals surface area contributed by atoms with Gasteiger partial charge >= 0.3 is 0 Å². The van der Waals surface area contributed by atoms with Crippen molar-refractivity contribution in [2.75, 3.05) is 49.1 Å². The van der Waals surface area contributed by atoms with Gasteiger partial charge < -0.3 is 20.1 Å². The lowest BCUT2D eigenvalue weighted by Gasteiger charge is -2.28. The molecule has 158 valence electrons. The predicted octanol–water partition coefficient (Wildman–Crippen LogP) is 2.91. The highest BCUT2D eigenvalue weighted by atomic mass is 15.2. The highest BCUT2D eigenvalue weighted by Gasteiger charge is 2.18. The summed E-state index contributed by atoms with van der Waals surface area (Å²) in [6, 6.07) is 6.11. The van der Waals surface area contributed by atoms with Gasteiger partial charge in [0.15, 0.2) is 0 Å². The van der Waals surface area contributed by atoms with E-state index in [1.54, 1.807) is 0 Å². The second-order valence-corrected chi connectivity index (χ2v) is 8.08. The molecule has 0 atom stereocenters. The number of hydrogen-bond donors (Lipinski definition) is 2. The molecule has 7 heteroatoms. The largest absolute Gasteiger partial charge is 0.355 e. The van der Waals surface area contributed by atoms with Crippen LogP contribution in [-0.2, 0) is 0 Å². The van der Waals surface area contributed by atoms with Crippen molar-refractivity contribution in [3.63, 3.8) is 0 Å². The van der Waals surface area contributed by atoms with Crippen LogP contribution in [0.25, 0.3) is 22.5 Å². The zero-order chi connectivity index (χ0) is 21.0. The van der Waals surface area contributed by atoms with Crippen LogP contribution in [-0.4, -0.2) is 59.2 Å². The molecule has 2 N–H and O–H groups in total. The molecule has 0 bridgehead atoms. The van der Waals surface area contributed by atoms with Gasteiger partial charge in [-0.3, -0.25) is 4.98 Å². The molecule has 2 aliphatic heterocycles. The number of nitrogens with one attached hydrogen (secondary N) is 2.